The Bertz CT molecular complexity index is 9870. The molecule has 0 saturated heterocycles. The van der Waals surface area contributed by atoms with Gasteiger partial charge in [0.2, 0.25) is 0 Å². The summed E-state index contributed by atoms with van der Waals surface area (Å²) >= 11 is 0. The Morgan fingerprint density at radius 3 is 1.07 bits per heavy atom. The van der Waals surface area contributed by atoms with Crippen molar-refractivity contribution < 1.29 is 8.83 Å². The van der Waals surface area contributed by atoms with E-state index < -0.39 is 0 Å². The molecule has 18 aromatic carbocycles. The maximum absolute atomic E-state index is 10.7. The summed E-state index contributed by atoms with van der Waals surface area (Å²) in [6.45, 7) is 11.3. The highest BCUT2D eigenvalue weighted by Crippen LogP contribution is 2.53. The number of nitriles is 6. The maximum atomic E-state index is 10.7. The molecular formula is C121H74N12O2. The van der Waals surface area contributed by atoms with Crippen LogP contribution in [0.4, 0.5) is 0 Å². The van der Waals surface area contributed by atoms with Gasteiger partial charge in [-0.05, 0) is 179 Å². The third-order valence-electron chi connectivity index (χ3n) is 28.0. The molecule has 1 aliphatic carbocycles. The van der Waals surface area contributed by atoms with E-state index in [9.17, 15) is 31.6 Å². The normalized spacial score (nSPS) is 12.3. The molecule has 0 fully saturated rings. The van der Waals surface area contributed by atoms with Crippen LogP contribution in [0.3, 0.4) is 0 Å². The molecule has 1 aliphatic rings. The van der Waals surface area contributed by atoms with Gasteiger partial charge in [0.15, 0.2) is 0 Å². The zero-order valence-corrected chi connectivity index (χ0v) is 73.7. The lowest BCUT2D eigenvalue weighted by atomic mass is 9.82. The number of rotatable bonds is 6. The van der Waals surface area contributed by atoms with Crippen molar-refractivity contribution in [3.63, 3.8) is 0 Å². The third kappa shape index (κ3) is 11.4. The van der Waals surface area contributed by atoms with Gasteiger partial charge in [0.25, 0.3) is 0 Å². The molecule has 630 valence electrons. The van der Waals surface area contributed by atoms with Crippen LogP contribution in [0.25, 0.3) is 220 Å². The molecule has 0 aliphatic heterocycles. The van der Waals surface area contributed by atoms with Crippen LogP contribution in [0.15, 0.2) is 367 Å². The van der Waals surface area contributed by atoms with Crippen molar-refractivity contribution in [2.45, 2.75) is 45.4 Å². The number of hydrogen-bond donors (Lipinski definition) is 0. The van der Waals surface area contributed by atoms with Gasteiger partial charge in [0.1, 0.15) is 58.7 Å². The SMILES string of the molecule is CC(C)(C)c1ccc2c(c1)c1c3oc4ccccc4c3ccc1n2-c1ccc(C#N)c(C#N)c1-n1c2ccccc2c2ccccc21.CC1(C)c2ccccc2-c2cc3c4ccccc4n(-c4cc(C#N)c(C#N)c(-n5c6ccccc6c6ccccc65)c4)c3cc21.N#Cc1cc(-n2c3ccccc3c3c4oc5ccccc5c4ccc32)cc(-n2c3ccccc3c3ccccc32)c1C#N. The minimum atomic E-state index is -0.155. The van der Waals surface area contributed by atoms with E-state index in [1.165, 1.54) is 27.8 Å². The Balaban J connectivity index is 0.000000108. The standard InChI is InChI=1S/C42H28N4O.C41H26N4.C38H20N4O/c1-42(2,3)26-17-20-35-31(22-26)39-36(21-18-30-29-12-6-9-15-38(29)47-41(30)39)45(35)37-19-16-25(23-43)32(24-44)40(37)46-33-13-7-4-10-27(33)28-11-5-8-14-34(28)46;1-41(2)34-15-7-3-11-27(34)31-21-32-30-14-6-8-16-36(30)44(40(32)22-35(31)41)26-19-25(23-42)33(24-43)39(20-26)45-37-17-9-4-12-28(37)29-13-5-10-18-38(29)45;39-21-23-19-24(20-35(30(23)22-40)42-31-13-5-1-9-25(31)26-10-2-6-14-32(26)42)41-33-15-7-3-12-29(33)37-34(41)18-17-28-27-11-4-8-16-36(27)43-38(28)37/h4-22H,1-3H3;3-22H,1-2H3;1-20H. The van der Waals surface area contributed by atoms with E-state index in [1.54, 1.807) is 6.07 Å². The minimum absolute atomic E-state index is 0.0685. The highest BCUT2D eigenvalue weighted by molar-refractivity contribution is 6.26. The van der Waals surface area contributed by atoms with E-state index in [0.29, 0.717) is 50.4 Å². The first kappa shape index (κ1) is 78.5. The van der Waals surface area contributed by atoms with Gasteiger partial charge >= 0.3 is 0 Å². The van der Waals surface area contributed by atoms with E-state index >= 15 is 0 Å². The Kier molecular flexibility index (Phi) is 17.3. The van der Waals surface area contributed by atoms with Crippen molar-refractivity contribution in [3.8, 4) is 81.7 Å². The van der Waals surface area contributed by atoms with Gasteiger partial charge in [-0.2, -0.15) is 31.6 Å². The van der Waals surface area contributed by atoms with Gasteiger partial charge < -0.3 is 36.2 Å². The molecule has 0 saturated carbocycles. The molecule has 26 aromatic rings. The summed E-state index contributed by atoms with van der Waals surface area (Å²) in [6, 6.07) is 137. The van der Waals surface area contributed by atoms with Crippen molar-refractivity contribution in [2.24, 2.45) is 0 Å². The van der Waals surface area contributed by atoms with Crippen LogP contribution < -0.4 is 0 Å². The number of nitrogens with zero attached hydrogens (tertiary/aromatic N) is 12. The van der Waals surface area contributed by atoms with Gasteiger partial charge in [0, 0.05) is 92.2 Å². The zero-order chi connectivity index (χ0) is 91.1. The predicted molar refractivity (Wildman–Crippen MR) is 544 cm³/mol. The molecule has 0 atom stereocenters. The maximum Gasteiger partial charge on any atom is 0.145 e. The van der Waals surface area contributed by atoms with E-state index in [0.717, 1.165) is 192 Å². The van der Waals surface area contributed by atoms with E-state index in [1.807, 2.05) is 146 Å². The Labute approximate surface area is 772 Å². The van der Waals surface area contributed by atoms with Crippen LogP contribution in [0.2, 0.25) is 0 Å². The Hall–Kier alpha value is -18.7. The lowest BCUT2D eigenvalue weighted by Gasteiger charge is -2.22. The summed E-state index contributed by atoms with van der Waals surface area (Å²) in [4.78, 5) is 0. The van der Waals surface area contributed by atoms with Crippen LogP contribution in [0.1, 0.15) is 84.7 Å². The predicted octanol–water partition coefficient (Wildman–Crippen LogP) is 30.3. The summed E-state index contributed by atoms with van der Waals surface area (Å²) in [5.41, 5.74) is 28.1. The first-order valence-corrected chi connectivity index (χ1v) is 45.0. The van der Waals surface area contributed by atoms with Crippen LogP contribution in [0.5, 0.6) is 0 Å². The first-order valence-electron chi connectivity index (χ1n) is 45.0. The fourth-order valence-electron chi connectivity index (χ4n) is 21.9. The molecule has 8 heterocycles. The van der Waals surface area contributed by atoms with Gasteiger partial charge in [-0.1, -0.05) is 247 Å². The fourth-order valence-corrected chi connectivity index (χ4v) is 21.9. The second-order valence-electron chi connectivity index (χ2n) is 36.4. The number of aromatic nitrogens is 6. The van der Waals surface area contributed by atoms with Crippen molar-refractivity contribution in [2.75, 3.05) is 0 Å². The van der Waals surface area contributed by atoms with Gasteiger partial charge in [0.05, 0.1) is 133 Å². The molecule has 0 N–H and O–H groups in total. The molecule has 14 nitrogen and oxygen atoms in total. The fraction of sp³-hybridized carbons (Fsp3) is 0.0579. The molecule has 14 heteroatoms. The average Bonchev–Trinajstić information content (AvgIpc) is 1.55. The van der Waals surface area contributed by atoms with E-state index in [2.05, 4.69) is 305 Å². The zero-order valence-electron chi connectivity index (χ0n) is 73.7. The van der Waals surface area contributed by atoms with Crippen molar-refractivity contribution in [3.05, 3.63) is 408 Å². The van der Waals surface area contributed by atoms with Crippen molar-refractivity contribution in [1.29, 1.82) is 31.6 Å². The van der Waals surface area contributed by atoms with Gasteiger partial charge in [-0.15, -0.1) is 0 Å². The smallest absolute Gasteiger partial charge is 0.145 e. The quantitative estimate of drug-likeness (QED) is 0.157. The lowest BCUT2D eigenvalue weighted by molar-refractivity contribution is 0.591. The Morgan fingerprint density at radius 2 is 0.607 bits per heavy atom. The lowest BCUT2D eigenvalue weighted by Crippen LogP contribution is -2.15. The number of para-hydroxylation sites is 10. The van der Waals surface area contributed by atoms with E-state index in [-0.39, 0.29) is 10.8 Å². The number of furan rings is 2. The Morgan fingerprint density at radius 1 is 0.244 bits per heavy atom. The van der Waals surface area contributed by atoms with E-state index in [4.69, 9.17) is 8.83 Å². The molecule has 0 radical (unpaired) electrons. The highest BCUT2D eigenvalue weighted by atomic mass is 16.3. The number of hydrogen-bond acceptors (Lipinski definition) is 8. The largest absolute Gasteiger partial charge is 0.455 e. The monoisotopic (exact) mass is 1730 g/mol. The molecule has 135 heavy (non-hydrogen) atoms. The molecule has 27 rings (SSSR count). The summed E-state index contributed by atoms with van der Waals surface area (Å²) in [5, 5.41) is 79.9. The van der Waals surface area contributed by atoms with Crippen LogP contribution in [-0.4, -0.2) is 27.4 Å². The molecule has 0 unspecified atom stereocenters. The average molecular weight is 1730 g/mol. The number of benzene rings is 18. The van der Waals surface area contributed by atoms with Gasteiger partial charge in [-0.3, -0.25) is 0 Å². The number of fused-ring (bicyclic) bond motifs is 29. The molecule has 0 spiro atoms. The summed E-state index contributed by atoms with van der Waals surface area (Å²) in [7, 11) is 0. The third-order valence-corrected chi connectivity index (χ3v) is 28.0. The van der Waals surface area contributed by atoms with Crippen molar-refractivity contribution in [1.82, 2.24) is 27.4 Å². The molecule has 0 amide bonds. The summed E-state index contributed by atoms with van der Waals surface area (Å²) < 4.78 is 26.2. The van der Waals surface area contributed by atoms with Crippen molar-refractivity contribution >= 4 is 175 Å². The van der Waals surface area contributed by atoms with Crippen LogP contribution in [-0.2, 0) is 10.8 Å². The second kappa shape index (κ2) is 29.7. The molecule has 0 bridgehead atoms. The highest BCUT2D eigenvalue weighted by Gasteiger charge is 2.37. The molecule has 8 aromatic heterocycles. The summed E-state index contributed by atoms with van der Waals surface area (Å²) in [6.07, 6.45) is 0. The molecular weight excluding hydrogens is 1650 g/mol. The second-order valence-corrected chi connectivity index (χ2v) is 36.4. The minimum Gasteiger partial charge on any atom is -0.455 e. The van der Waals surface area contributed by atoms with Crippen LogP contribution in [0, 0.1) is 68.0 Å². The topological polar surface area (TPSA) is 199 Å². The summed E-state index contributed by atoms with van der Waals surface area (Å²) in [5.74, 6) is 0. The van der Waals surface area contributed by atoms with Crippen LogP contribution >= 0.6 is 0 Å². The van der Waals surface area contributed by atoms with Gasteiger partial charge in [-0.25, -0.2) is 0 Å². The first-order chi connectivity index (χ1) is 66.2.